The van der Waals surface area contributed by atoms with Crippen LogP contribution in [0.15, 0.2) is 53.1 Å². The van der Waals surface area contributed by atoms with E-state index in [1.165, 1.54) is 6.92 Å². The van der Waals surface area contributed by atoms with Crippen molar-refractivity contribution in [1.29, 1.82) is 0 Å². The number of aromatic nitrogens is 2. The number of aryl methyl sites for hydroxylation is 1. The Morgan fingerprint density at radius 3 is 2.68 bits per heavy atom. The molecule has 0 N–H and O–H groups in total. The highest BCUT2D eigenvalue weighted by molar-refractivity contribution is 5.94. The molecule has 1 aliphatic heterocycles. The van der Waals surface area contributed by atoms with Gasteiger partial charge in [0.1, 0.15) is 5.75 Å². The molecule has 1 unspecified atom stereocenters. The third kappa shape index (κ3) is 4.99. The maximum Gasteiger partial charge on any atom is 0.308 e. The van der Waals surface area contributed by atoms with E-state index in [2.05, 4.69) is 10.1 Å². The van der Waals surface area contributed by atoms with Gasteiger partial charge in [-0.3, -0.25) is 9.59 Å². The van der Waals surface area contributed by atoms with Gasteiger partial charge in [0.2, 0.25) is 11.7 Å². The van der Waals surface area contributed by atoms with Gasteiger partial charge in [-0.25, -0.2) is 0 Å². The molecule has 4 rings (SSSR count). The number of carbonyl (C=O) groups excluding carboxylic acids is 2. The van der Waals surface area contributed by atoms with Gasteiger partial charge >= 0.3 is 5.97 Å². The molecule has 7 heteroatoms. The minimum absolute atomic E-state index is 0.0230. The van der Waals surface area contributed by atoms with Gasteiger partial charge in [-0.1, -0.05) is 29.4 Å². The van der Waals surface area contributed by atoms with Crippen molar-refractivity contribution in [1.82, 2.24) is 15.0 Å². The van der Waals surface area contributed by atoms with Crippen LogP contribution < -0.4 is 4.74 Å². The van der Waals surface area contributed by atoms with Gasteiger partial charge in [0.25, 0.3) is 5.91 Å². The number of rotatable bonds is 5. The third-order valence-electron chi connectivity index (χ3n) is 5.49. The third-order valence-corrected chi connectivity index (χ3v) is 5.49. The van der Waals surface area contributed by atoms with Crippen LogP contribution in [0.4, 0.5) is 0 Å². The Bertz CT molecular complexity index is 1070. The highest BCUT2D eigenvalue weighted by atomic mass is 16.5. The first-order valence-electron chi connectivity index (χ1n) is 10.5. The Hall–Kier alpha value is -3.48. The lowest BCUT2D eigenvalue weighted by Crippen LogP contribution is -2.40. The first-order chi connectivity index (χ1) is 15.0. The summed E-state index contributed by atoms with van der Waals surface area (Å²) in [4.78, 5) is 30.4. The van der Waals surface area contributed by atoms with Gasteiger partial charge in [0, 0.05) is 37.6 Å². The van der Waals surface area contributed by atoms with Gasteiger partial charge < -0.3 is 14.2 Å². The van der Waals surface area contributed by atoms with E-state index in [-0.39, 0.29) is 17.8 Å². The van der Waals surface area contributed by atoms with Crippen molar-refractivity contribution in [2.45, 2.75) is 33.1 Å². The molecule has 1 aliphatic rings. The normalized spacial score (nSPS) is 16.2. The van der Waals surface area contributed by atoms with Crippen molar-refractivity contribution >= 4 is 11.9 Å². The zero-order valence-corrected chi connectivity index (χ0v) is 17.7. The summed E-state index contributed by atoms with van der Waals surface area (Å²) < 4.78 is 10.5. The Balaban J connectivity index is 1.39. The number of esters is 1. The van der Waals surface area contributed by atoms with E-state index >= 15 is 0 Å². The Morgan fingerprint density at radius 2 is 1.94 bits per heavy atom. The molecule has 1 fully saturated rings. The van der Waals surface area contributed by atoms with Crippen LogP contribution in [0.25, 0.3) is 11.4 Å². The molecule has 31 heavy (non-hydrogen) atoms. The maximum absolute atomic E-state index is 12.9. The molecule has 0 saturated carbocycles. The molecule has 3 aromatic rings. The average molecular weight is 419 g/mol. The number of hydrogen-bond acceptors (Lipinski definition) is 6. The fourth-order valence-corrected chi connectivity index (χ4v) is 3.95. The average Bonchev–Trinajstić information content (AvgIpc) is 3.22. The first-order valence-corrected chi connectivity index (χ1v) is 10.5. The molecule has 1 amide bonds. The molecule has 1 aromatic heterocycles. The minimum Gasteiger partial charge on any atom is -0.427 e. The zero-order valence-electron chi connectivity index (χ0n) is 17.7. The summed E-state index contributed by atoms with van der Waals surface area (Å²) in [5.74, 6) is 1.49. The SMILES string of the molecule is CC(=O)Oc1ccc(C(=O)N2CCCC(Cc3nc(-c4ccccc4C)no3)C2)cc1. The molecule has 1 saturated heterocycles. The number of carbonyl (C=O) groups is 2. The Labute approximate surface area is 181 Å². The smallest absolute Gasteiger partial charge is 0.308 e. The lowest BCUT2D eigenvalue weighted by atomic mass is 9.94. The zero-order chi connectivity index (χ0) is 21.8. The molecule has 0 radical (unpaired) electrons. The van der Waals surface area contributed by atoms with Crippen LogP contribution in [0.1, 0.15) is 41.6 Å². The first kappa shape index (κ1) is 20.8. The molecule has 2 aromatic carbocycles. The Kier molecular flexibility index (Phi) is 6.11. The quantitative estimate of drug-likeness (QED) is 0.458. The second-order valence-corrected chi connectivity index (χ2v) is 7.91. The van der Waals surface area contributed by atoms with Crippen LogP contribution in [-0.2, 0) is 11.2 Å². The molecule has 2 heterocycles. The van der Waals surface area contributed by atoms with E-state index in [1.54, 1.807) is 24.3 Å². The highest BCUT2D eigenvalue weighted by Crippen LogP contribution is 2.25. The van der Waals surface area contributed by atoms with E-state index in [1.807, 2.05) is 36.1 Å². The lowest BCUT2D eigenvalue weighted by molar-refractivity contribution is -0.131. The summed E-state index contributed by atoms with van der Waals surface area (Å²) in [7, 11) is 0. The summed E-state index contributed by atoms with van der Waals surface area (Å²) in [5, 5.41) is 4.14. The fourth-order valence-electron chi connectivity index (χ4n) is 3.95. The number of hydrogen-bond donors (Lipinski definition) is 0. The number of benzene rings is 2. The van der Waals surface area contributed by atoms with Crippen LogP contribution in [0, 0.1) is 12.8 Å². The van der Waals surface area contributed by atoms with Gasteiger partial charge in [-0.05, 0) is 55.5 Å². The monoisotopic (exact) mass is 419 g/mol. The molecule has 0 bridgehead atoms. The van der Waals surface area contributed by atoms with Crippen LogP contribution in [0.5, 0.6) is 5.75 Å². The van der Waals surface area contributed by atoms with E-state index in [0.29, 0.717) is 36.0 Å². The number of amides is 1. The lowest BCUT2D eigenvalue weighted by Gasteiger charge is -2.32. The van der Waals surface area contributed by atoms with Crippen molar-refractivity contribution in [3.63, 3.8) is 0 Å². The predicted octanol–water partition coefficient (Wildman–Crippen LogP) is 4.07. The molecule has 1 atom stereocenters. The summed E-state index contributed by atoms with van der Waals surface area (Å²) in [6.07, 6.45) is 2.59. The van der Waals surface area contributed by atoms with E-state index in [4.69, 9.17) is 9.26 Å². The fraction of sp³-hybridized carbons (Fsp3) is 0.333. The molecule has 160 valence electrons. The summed E-state index contributed by atoms with van der Waals surface area (Å²) >= 11 is 0. The van der Waals surface area contributed by atoms with Crippen LogP contribution in [0.3, 0.4) is 0 Å². The van der Waals surface area contributed by atoms with Gasteiger partial charge in [-0.15, -0.1) is 0 Å². The number of nitrogens with zero attached hydrogens (tertiary/aromatic N) is 3. The van der Waals surface area contributed by atoms with Crippen molar-refractivity contribution in [2.75, 3.05) is 13.1 Å². The second kappa shape index (κ2) is 9.12. The molecule has 0 aliphatic carbocycles. The van der Waals surface area contributed by atoms with E-state index < -0.39 is 0 Å². The van der Waals surface area contributed by atoms with Crippen LogP contribution >= 0.6 is 0 Å². The van der Waals surface area contributed by atoms with Crippen LogP contribution in [0.2, 0.25) is 0 Å². The summed E-state index contributed by atoms with van der Waals surface area (Å²) in [5.41, 5.74) is 2.65. The van der Waals surface area contributed by atoms with Crippen LogP contribution in [-0.4, -0.2) is 40.0 Å². The highest BCUT2D eigenvalue weighted by Gasteiger charge is 2.26. The van der Waals surface area contributed by atoms with E-state index in [0.717, 1.165) is 30.5 Å². The number of piperidine rings is 1. The van der Waals surface area contributed by atoms with Crippen molar-refractivity contribution in [2.24, 2.45) is 5.92 Å². The molecule has 7 nitrogen and oxygen atoms in total. The Morgan fingerprint density at radius 1 is 1.16 bits per heavy atom. The molecule has 0 spiro atoms. The predicted molar refractivity (Wildman–Crippen MR) is 115 cm³/mol. The minimum atomic E-state index is -0.385. The summed E-state index contributed by atoms with van der Waals surface area (Å²) in [6, 6.07) is 14.6. The second-order valence-electron chi connectivity index (χ2n) is 7.91. The largest absolute Gasteiger partial charge is 0.427 e. The van der Waals surface area contributed by atoms with Crippen molar-refractivity contribution in [3.05, 3.63) is 65.5 Å². The van der Waals surface area contributed by atoms with Gasteiger partial charge in [0.15, 0.2) is 0 Å². The van der Waals surface area contributed by atoms with Gasteiger partial charge in [-0.2, -0.15) is 4.98 Å². The maximum atomic E-state index is 12.9. The standard InChI is InChI=1S/C24H25N3O4/c1-16-6-3-4-8-21(16)23-25-22(31-26-23)14-18-7-5-13-27(15-18)24(29)19-9-11-20(12-10-19)30-17(2)28/h3-4,6,8-12,18H,5,7,13-15H2,1-2H3. The van der Waals surface area contributed by atoms with E-state index in [9.17, 15) is 9.59 Å². The number of ether oxygens (including phenoxy) is 1. The molecular formula is C24H25N3O4. The van der Waals surface area contributed by atoms with Crippen molar-refractivity contribution < 1.29 is 18.8 Å². The van der Waals surface area contributed by atoms with Crippen molar-refractivity contribution in [3.8, 4) is 17.1 Å². The molecular weight excluding hydrogens is 394 g/mol. The topological polar surface area (TPSA) is 85.5 Å². The summed E-state index contributed by atoms with van der Waals surface area (Å²) in [6.45, 7) is 4.74. The number of likely N-dealkylation sites (tertiary alicyclic amines) is 1. The van der Waals surface area contributed by atoms with Gasteiger partial charge in [0.05, 0.1) is 0 Å².